The van der Waals surface area contributed by atoms with Gasteiger partial charge < -0.3 is 24.6 Å². The van der Waals surface area contributed by atoms with Crippen molar-refractivity contribution in [2.75, 3.05) is 38.6 Å². The quantitative estimate of drug-likeness (QED) is 0.0957. The van der Waals surface area contributed by atoms with Crippen molar-refractivity contribution >= 4 is 48.5 Å². The molecule has 3 rings (SSSR count). The van der Waals surface area contributed by atoms with Gasteiger partial charge in [-0.3, -0.25) is 37.6 Å². The van der Waals surface area contributed by atoms with E-state index in [1.807, 2.05) is 6.07 Å². The molecule has 0 aliphatic carbocycles. The van der Waals surface area contributed by atoms with E-state index in [0.29, 0.717) is 42.6 Å². The molecule has 1 heterocycles. The summed E-state index contributed by atoms with van der Waals surface area (Å²) < 4.78 is 64.9. The van der Waals surface area contributed by atoms with Crippen LogP contribution >= 0.6 is 7.60 Å². The van der Waals surface area contributed by atoms with Crippen LogP contribution in [0.25, 0.3) is 5.57 Å². The van der Waals surface area contributed by atoms with Crippen LogP contribution in [0.15, 0.2) is 60.7 Å². The van der Waals surface area contributed by atoms with Gasteiger partial charge in [-0.05, 0) is 91.0 Å². The lowest BCUT2D eigenvalue weighted by atomic mass is 9.98. The van der Waals surface area contributed by atoms with Gasteiger partial charge in [0.15, 0.2) is 0 Å². The first-order valence-electron chi connectivity index (χ1n) is 17.4. The zero-order valence-corrected chi connectivity index (χ0v) is 32.9. The van der Waals surface area contributed by atoms with Crippen molar-refractivity contribution in [2.24, 2.45) is 10.8 Å². The summed E-state index contributed by atoms with van der Waals surface area (Å²) >= 11 is 0. The molecule has 16 heteroatoms. The number of rotatable bonds is 14. The predicted molar refractivity (Wildman–Crippen MR) is 197 cm³/mol. The number of hydrogen-bond acceptors (Lipinski definition) is 10. The van der Waals surface area contributed by atoms with Gasteiger partial charge in [-0.1, -0.05) is 42.5 Å². The molecule has 13 nitrogen and oxygen atoms in total. The van der Waals surface area contributed by atoms with Gasteiger partial charge in [-0.2, -0.15) is 8.78 Å². The van der Waals surface area contributed by atoms with Gasteiger partial charge in [0.25, 0.3) is 0 Å². The molecule has 1 N–H and O–H groups in total. The van der Waals surface area contributed by atoms with Crippen molar-refractivity contribution in [3.8, 4) is 0 Å². The van der Waals surface area contributed by atoms with Crippen LogP contribution in [0.3, 0.4) is 0 Å². The summed E-state index contributed by atoms with van der Waals surface area (Å²) in [5, 5.41) is 2.71. The monoisotopic (exact) mass is 777 g/mol. The van der Waals surface area contributed by atoms with E-state index >= 15 is 8.78 Å². The maximum Gasteiger partial charge on any atom is 0.410 e. The lowest BCUT2D eigenvalue weighted by Crippen LogP contribution is -2.50. The third-order valence-corrected chi connectivity index (χ3v) is 10.2. The van der Waals surface area contributed by atoms with Gasteiger partial charge in [0.1, 0.15) is 12.6 Å². The molecule has 2 aromatic rings. The first-order valence-corrected chi connectivity index (χ1v) is 18.9. The molecule has 0 aromatic heterocycles. The highest BCUT2D eigenvalue weighted by Crippen LogP contribution is 2.67. The second kappa shape index (κ2) is 18.2. The fourth-order valence-corrected chi connectivity index (χ4v) is 6.22. The molecule has 1 saturated heterocycles. The number of nitrogens with zero attached hydrogens (tertiary/aromatic N) is 2. The second-order valence-corrected chi connectivity index (χ2v) is 17.0. The van der Waals surface area contributed by atoms with Crippen LogP contribution in [0.2, 0.25) is 0 Å². The number of ether oxygens (including phenoxy) is 2. The van der Waals surface area contributed by atoms with E-state index in [1.165, 1.54) is 69.6 Å². The Morgan fingerprint density at radius 2 is 1.43 bits per heavy atom. The van der Waals surface area contributed by atoms with Crippen LogP contribution < -0.4 is 10.2 Å². The molecule has 0 bridgehead atoms. The van der Waals surface area contributed by atoms with Gasteiger partial charge in [-0.25, -0.2) is 0 Å². The highest BCUT2D eigenvalue weighted by atomic mass is 31.2. The molecule has 1 aliphatic heterocycles. The Balaban J connectivity index is 1.72. The van der Waals surface area contributed by atoms with Gasteiger partial charge in [0, 0.05) is 30.9 Å². The molecule has 1 unspecified atom stereocenters. The molecule has 54 heavy (non-hydrogen) atoms. The maximum absolute atomic E-state index is 15.9. The van der Waals surface area contributed by atoms with E-state index < -0.39 is 67.1 Å². The minimum absolute atomic E-state index is 0.157. The highest BCUT2D eigenvalue weighted by molar-refractivity contribution is 7.54. The largest absolute Gasteiger partial charge is 0.438 e. The number of carbonyl (C=O) groups is 5. The molecule has 3 amide bonds. The smallest absolute Gasteiger partial charge is 0.410 e. The molecule has 0 spiro atoms. The Morgan fingerprint density at radius 1 is 0.889 bits per heavy atom. The molecular weight excluding hydrogens is 727 g/mol. The molecule has 0 radical (unpaired) electrons. The summed E-state index contributed by atoms with van der Waals surface area (Å²) in [6, 6.07) is 12.6. The van der Waals surface area contributed by atoms with Crippen molar-refractivity contribution in [3.05, 3.63) is 71.8 Å². The normalized spacial score (nSPS) is 16.0. The van der Waals surface area contributed by atoms with E-state index in [4.69, 9.17) is 18.5 Å². The van der Waals surface area contributed by atoms with Gasteiger partial charge in [-0.15, -0.1) is 0 Å². The number of anilines is 1. The van der Waals surface area contributed by atoms with E-state index in [2.05, 4.69) is 5.32 Å². The number of amides is 3. The standard InChI is InChI=1S/C38H50F2N3O10P/c1-26(22-31(44)41-30-16-12-13-21-43(33(30)46)23-32(45)42(8)29-14-10-9-11-15-29)27-17-19-28(20-18-27)38(39,40)54(49,52-24-50-34(47)36(2,3)4)53-25-51-35(48)37(5,6)7/h9-11,14-15,17-20,22,30H,12-13,16,21,23-25H2,1-8H3,(H,41,44). The molecule has 2 aromatic carbocycles. The fraction of sp³-hybridized carbons (Fsp3) is 0.500. The minimum Gasteiger partial charge on any atom is -0.438 e. The number of alkyl halides is 2. The Hall–Kier alpha value is -4.46. The number of para-hydroxylation sites is 1. The lowest BCUT2D eigenvalue weighted by molar-refractivity contribution is -0.163. The Kier molecular flexibility index (Phi) is 14.8. The Bertz CT molecular complexity index is 1700. The zero-order valence-electron chi connectivity index (χ0n) is 32.0. The molecule has 296 valence electrons. The van der Waals surface area contributed by atoms with Crippen LogP contribution in [0.5, 0.6) is 0 Å². The van der Waals surface area contributed by atoms with Crippen LogP contribution in [-0.4, -0.2) is 74.3 Å². The van der Waals surface area contributed by atoms with Crippen LogP contribution in [-0.2, 0) is 52.7 Å². The summed E-state index contributed by atoms with van der Waals surface area (Å²) in [5.74, 6) is -2.89. The predicted octanol–water partition coefficient (Wildman–Crippen LogP) is 6.62. The van der Waals surface area contributed by atoms with E-state index in [0.717, 1.165) is 12.1 Å². The number of esters is 2. The van der Waals surface area contributed by atoms with Crippen LogP contribution in [0.4, 0.5) is 14.5 Å². The SMILES string of the molecule is CC(=CC(=O)NC1CCCCN(CC(=O)N(C)c2ccccc2)C1=O)c1ccc(C(F)(F)P(=O)(OCOC(=O)C(C)(C)C)OCOC(=O)C(C)(C)C)cc1. The number of benzene rings is 2. The topological polar surface area (TPSA) is 158 Å². The highest BCUT2D eigenvalue weighted by Gasteiger charge is 2.56. The molecule has 1 fully saturated rings. The third kappa shape index (κ3) is 11.8. The van der Waals surface area contributed by atoms with Crippen molar-refractivity contribution in [2.45, 2.75) is 79.4 Å². The Morgan fingerprint density at radius 3 is 1.94 bits per heavy atom. The Labute approximate surface area is 314 Å². The summed E-state index contributed by atoms with van der Waals surface area (Å²) in [4.78, 5) is 66.7. The third-order valence-electron chi connectivity index (χ3n) is 8.37. The molecule has 1 atom stereocenters. The number of nitrogens with one attached hydrogen (secondary N) is 1. The van der Waals surface area contributed by atoms with Crippen molar-refractivity contribution in [1.29, 1.82) is 0 Å². The molecular formula is C38H50F2N3O10P. The van der Waals surface area contributed by atoms with Crippen molar-refractivity contribution < 1.29 is 55.8 Å². The number of hydrogen-bond donors (Lipinski definition) is 1. The van der Waals surface area contributed by atoms with Gasteiger partial charge in [0.2, 0.25) is 31.3 Å². The lowest BCUT2D eigenvalue weighted by Gasteiger charge is -2.27. The summed E-state index contributed by atoms with van der Waals surface area (Å²) in [6.45, 7) is 8.64. The van der Waals surface area contributed by atoms with Crippen LogP contribution in [0, 0.1) is 10.8 Å². The van der Waals surface area contributed by atoms with Gasteiger partial charge >= 0.3 is 25.2 Å². The number of carbonyl (C=O) groups excluding carboxylic acids is 5. The summed E-state index contributed by atoms with van der Waals surface area (Å²) in [7, 11) is -3.89. The number of halogens is 2. The van der Waals surface area contributed by atoms with Crippen molar-refractivity contribution in [1.82, 2.24) is 10.2 Å². The average molecular weight is 778 g/mol. The van der Waals surface area contributed by atoms with Crippen LogP contribution in [0.1, 0.15) is 78.9 Å². The molecule has 1 aliphatic rings. The fourth-order valence-electron chi connectivity index (χ4n) is 4.98. The summed E-state index contributed by atoms with van der Waals surface area (Å²) in [6.07, 6.45) is 2.88. The minimum atomic E-state index is -5.51. The maximum atomic E-state index is 15.9. The first kappa shape index (κ1) is 43.9. The van der Waals surface area contributed by atoms with E-state index in [1.54, 1.807) is 38.2 Å². The number of likely N-dealkylation sites (tertiary alicyclic amines) is 1. The van der Waals surface area contributed by atoms with Gasteiger partial charge in [0.05, 0.1) is 10.8 Å². The number of allylic oxidation sites excluding steroid dienone is 1. The number of likely N-dealkylation sites (N-methyl/N-ethyl adjacent to an activating group) is 1. The van der Waals surface area contributed by atoms with E-state index in [-0.39, 0.29) is 18.4 Å². The van der Waals surface area contributed by atoms with E-state index in [9.17, 15) is 28.5 Å². The summed E-state index contributed by atoms with van der Waals surface area (Å²) in [5.41, 5.74) is -5.74. The zero-order chi connectivity index (χ0) is 40.5. The second-order valence-electron chi connectivity index (χ2n) is 14.9. The van der Waals surface area contributed by atoms with Crippen molar-refractivity contribution in [3.63, 3.8) is 0 Å². The molecule has 0 saturated carbocycles. The first-order chi connectivity index (χ1) is 25.1. The average Bonchev–Trinajstić information content (AvgIpc) is 3.27.